The number of aliphatic hydroxyl groups excluding tert-OH is 1. The maximum atomic E-state index is 12.1. The molecule has 1 fully saturated rings. The molecule has 1 unspecified atom stereocenters. The van der Waals surface area contributed by atoms with Crippen molar-refractivity contribution in [3.05, 3.63) is 0 Å². The summed E-state index contributed by atoms with van der Waals surface area (Å²) < 4.78 is 36.2. The van der Waals surface area contributed by atoms with Crippen LogP contribution < -0.4 is 5.32 Å². The molecule has 2 nitrogen and oxygen atoms in total. The van der Waals surface area contributed by atoms with Crippen LogP contribution in [0.15, 0.2) is 0 Å². The lowest BCUT2D eigenvalue weighted by atomic mass is 9.84. The maximum absolute atomic E-state index is 12.1. The fraction of sp³-hybridized carbons (Fsp3) is 1.00. The van der Waals surface area contributed by atoms with Crippen LogP contribution in [-0.4, -0.2) is 30.0 Å². The van der Waals surface area contributed by atoms with Crippen molar-refractivity contribution in [3.63, 3.8) is 0 Å². The van der Waals surface area contributed by atoms with Crippen molar-refractivity contribution in [2.75, 3.05) is 6.54 Å². The summed E-state index contributed by atoms with van der Waals surface area (Å²) in [4.78, 5) is 0. The van der Waals surface area contributed by atoms with Gasteiger partial charge in [0.15, 0.2) is 6.10 Å². The van der Waals surface area contributed by atoms with Gasteiger partial charge in [-0.1, -0.05) is 19.3 Å². The Balaban J connectivity index is 2.26. The van der Waals surface area contributed by atoms with Crippen molar-refractivity contribution in [3.8, 4) is 0 Å². The highest BCUT2D eigenvalue weighted by molar-refractivity contribution is 4.78. The second-order valence-corrected chi connectivity index (χ2v) is 4.65. The lowest BCUT2D eigenvalue weighted by Gasteiger charge is -2.29. The maximum Gasteiger partial charge on any atom is 0.415 e. The average Bonchev–Trinajstić information content (AvgIpc) is 2.25. The molecule has 2 N–H and O–H groups in total. The molecule has 1 rings (SSSR count). The Morgan fingerprint density at radius 1 is 1.25 bits per heavy atom. The fourth-order valence-electron chi connectivity index (χ4n) is 2.21. The zero-order valence-corrected chi connectivity index (χ0v) is 9.56. The summed E-state index contributed by atoms with van der Waals surface area (Å²) in [6.07, 6.45) is -1.05. The van der Waals surface area contributed by atoms with Gasteiger partial charge in [0.05, 0.1) is 0 Å². The third-order valence-electron chi connectivity index (χ3n) is 3.37. The molecule has 0 aromatic carbocycles. The van der Waals surface area contributed by atoms with E-state index in [0.29, 0.717) is 5.92 Å². The van der Waals surface area contributed by atoms with E-state index in [2.05, 4.69) is 5.32 Å². The van der Waals surface area contributed by atoms with Crippen molar-refractivity contribution in [2.45, 2.75) is 57.3 Å². The number of aliphatic hydroxyl groups is 1. The van der Waals surface area contributed by atoms with E-state index in [0.717, 1.165) is 12.8 Å². The third-order valence-corrected chi connectivity index (χ3v) is 3.37. The highest BCUT2D eigenvalue weighted by atomic mass is 19.4. The van der Waals surface area contributed by atoms with Gasteiger partial charge < -0.3 is 10.4 Å². The third kappa shape index (κ3) is 4.29. The molecule has 0 bridgehead atoms. The molecule has 1 saturated carbocycles. The first-order chi connectivity index (χ1) is 7.41. The van der Waals surface area contributed by atoms with Crippen molar-refractivity contribution >= 4 is 0 Å². The molecule has 1 aliphatic rings. The molecule has 0 aliphatic heterocycles. The van der Waals surface area contributed by atoms with Crippen LogP contribution in [0.25, 0.3) is 0 Å². The van der Waals surface area contributed by atoms with Crippen LogP contribution in [0, 0.1) is 5.92 Å². The van der Waals surface area contributed by atoms with Gasteiger partial charge in [-0.15, -0.1) is 0 Å². The highest BCUT2D eigenvalue weighted by Crippen LogP contribution is 2.26. The number of hydrogen-bond donors (Lipinski definition) is 2. The average molecular weight is 239 g/mol. The van der Waals surface area contributed by atoms with Gasteiger partial charge in [0.2, 0.25) is 0 Å². The van der Waals surface area contributed by atoms with Gasteiger partial charge in [-0.25, -0.2) is 0 Å². The Labute approximate surface area is 94.2 Å². The van der Waals surface area contributed by atoms with Gasteiger partial charge in [0, 0.05) is 12.6 Å². The lowest BCUT2D eigenvalue weighted by molar-refractivity contribution is -0.202. The minimum atomic E-state index is -4.51. The zero-order valence-electron chi connectivity index (χ0n) is 9.56. The van der Waals surface area contributed by atoms with Crippen LogP contribution in [-0.2, 0) is 0 Å². The first-order valence-corrected chi connectivity index (χ1v) is 5.89. The van der Waals surface area contributed by atoms with E-state index >= 15 is 0 Å². The quantitative estimate of drug-likeness (QED) is 0.790. The first-order valence-electron chi connectivity index (χ1n) is 5.89. The summed E-state index contributed by atoms with van der Waals surface area (Å²) in [6.45, 7) is 1.50. The van der Waals surface area contributed by atoms with Gasteiger partial charge >= 0.3 is 6.18 Å². The van der Waals surface area contributed by atoms with Crippen molar-refractivity contribution in [2.24, 2.45) is 5.92 Å². The zero-order chi connectivity index (χ0) is 12.2. The SMILES string of the molecule is C[C@H](NCC(O)C(F)(F)F)C1CCCCC1. The fourth-order valence-corrected chi connectivity index (χ4v) is 2.21. The summed E-state index contributed by atoms with van der Waals surface area (Å²) in [5, 5.41) is 11.6. The molecule has 2 atom stereocenters. The van der Waals surface area contributed by atoms with E-state index in [9.17, 15) is 13.2 Å². The van der Waals surface area contributed by atoms with E-state index in [4.69, 9.17) is 5.11 Å². The lowest BCUT2D eigenvalue weighted by Crippen LogP contribution is -2.44. The molecule has 16 heavy (non-hydrogen) atoms. The molecule has 0 aromatic rings. The number of rotatable bonds is 4. The topological polar surface area (TPSA) is 32.3 Å². The van der Waals surface area contributed by atoms with Gasteiger partial charge in [-0.2, -0.15) is 13.2 Å². The molecular formula is C11H20F3NO. The first kappa shape index (κ1) is 13.8. The molecule has 0 aromatic heterocycles. The van der Waals surface area contributed by atoms with Crippen LogP contribution in [0.4, 0.5) is 13.2 Å². The van der Waals surface area contributed by atoms with Crippen LogP contribution >= 0.6 is 0 Å². The van der Waals surface area contributed by atoms with Crippen LogP contribution in [0.3, 0.4) is 0 Å². The molecule has 96 valence electrons. The largest absolute Gasteiger partial charge is 0.415 e. The molecule has 5 heteroatoms. The summed E-state index contributed by atoms with van der Waals surface area (Å²) in [5.41, 5.74) is 0. The Morgan fingerprint density at radius 3 is 2.31 bits per heavy atom. The summed E-state index contributed by atoms with van der Waals surface area (Å²) in [5.74, 6) is 0.453. The Morgan fingerprint density at radius 2 is 1.81 bits per heavy atom. The predicted molar refractivity (Wildman–Crippen MR) is 56.1 cm³/mol. The number of hydrogen-bond acceptors (Lipinski definition) is 2. The van der Waals surface area contributed by atoms with Crippen molar-refractivity contribution in [1.82, 2.24) is 5.32 Å². The summed E-state index contributed by atoms with van der Waals surface area (Å²) >= 11 is 0. The number of alkyl halides is 3. The van der Waals surface area contributed by atoms with E-state index in [-0.39, 0.29) is 6.04 Å². The standard InChI is InChI=1S/C11H20F3NO/c1-8(9-5-3-2-4-6-9)15-7-10(16)11(12,13)14/h8-10,15-16H,2-7H2,1H3/t8-,10?/m0/s1. The molecule has 0 heterocycles. The van der Waals surface area contributed by atoms with Gasteiger partial charge in [-0.05, 0) is 25.7 Å². The molecule has 0 radical (unpaired) electrons. The second-order valence-electron chi connectivity index (χ2n) is 4.65. The van der Waals surface area contributed by atoms with Gasteiger partial charge in [-0.3, -0.25) is 0 Å². The summed E-state index contributed by atoms with van der Waals surface area (Å²) in [6, 6.07) is 0.0531. The second kappa shape index (κ2) is 5.87. The molecule has 0 saturated heterocycles. The van der Waals surface area contributed by atoms with E-state index < -0.39 is 18.8 Å². The monoisotopic (exact) mass is 239 g/mol. The Kier molecular flexibility index (Phi) is 5.05. The Hall–Kier alpha value is -0.290. The van der Waals surface area contributed by atoms with E-state index in [1.165, 1.54) is 19.3 Å². The van der Waals surface area contributed by atoms with Gasteiger partial charge in [0.25, 0.3) is 0 Å². The molecule has 0 spiro atoms. The van der Waals surface area contributed by atoms with Crippen molar-refractivity contribution < 1.29 is 18.3 Å². The minimum absolute atomic E-state index is 0.0531. The number of nitrogens with one attached hydrogen (secondary N) is 1. The van der Waals surface area contributed by atoms with Crippen LogP contribution in [0.1, 0.15) is 39.0 Å². The van der Waals surface area contributed by atoms with E-state index in [1.807, 2.05) is 6.92 Å². The smallest absolute Gasteiger partial charge is 0.382 e. The van der Waals surface area contributed by atoms with Crippen molar-refractivity contribution in [1.29, 1.82) is 0 Å². The Bertz CT molecular complexity index is 202. The summed E-state index contributed by atoms with van der Waals surface area (Å²) in [7, 11) is 0. The normalized spacial score (nSPS) is 23.1. The molecule has 0 amide bonds. The van der Waals surface area contributed by atoms with Gasteiger partial charge in [0.1, 0.15) is 0 Å². The van der Waals surface area contributed by atoms with Crippen LogP contribution in [0.5, 0.6) is 0 Å². The number of halogens is 3. The molecular weight excluding hydrogens is 219 g/mol. The molecule has 1 aliphatic carbocycles. The minimum Gasteiger partial charge on any atom is -0.382 e. The predicted octanol–water partition coefficient (Wildman–Crippen LogP) is 2.47. The van der Waals surface area contributed by atoms with Crippen LogP contribution in [0.2, 0.25) is 0 Å². The highest BCUT2D eigenvalue weighted by Gasteiger charge is 2.38. The van der Waals surface area contributed by atoms with E-state index in [1.54, 1.807) is 0 Å².